The zero-order chi connectivity index (χ0) is 13.6. The van der Waals surface area contributed by atoms with Gasteiger partial charge in [-0.15, -0.1) is 0 Å². The molecule has 0 rings (SSSR count). The van der Waals surface area contributed by atoms with Gasteiger partial charge in [-0.1, -0.05) is 13.8 Å². The van der Waals surface area contributed by atoms with Crippen LogP contribution in [0.2, 0.25) is 0 Å². The van der Waals surface area contributed by atoms with E-state index in [0.29, 0.717) is 12.8 Å². The second-order valence-electron chi connectivity index (χ2n) is 5.45. The Morgan fingerprint density at radius 2 is 1.82 bits per heavy atom. The van der Waals surface area contributed by atoms with E-state index < -0.39 is 17.6 Å². The smallest absolute Gasteiger partial charge is 0.323 e. The normalized spacial score (nSPS) is 15.2. The van der Waals surface area contributed by atoms with Gasteiger partial charge in [0.2, 0.25) is 0 Å². The minimum atomic E-state index is -0.706. The fourth-order valence-corrected chi connectivity index (χ4v) is 1.27. The SMILES string of the molecule is CCC(C)C(=O)CCC(N)C(=O)OC(C)(C)C. The molecule has 0 saturated heterocycles. The Morgan fingerprint density at radius 3 is 2.24 bits per heavy atom. The molecule has 4 heteroatoms. The van der Waals surface area contributed by atoms with Gasteiger partial charge in [-0.3, -0.25) is 9.59 Å². The Balaban J connectivity index is 4.06. The van der Waals surface area contributed by atoms with Gasteiger partial charge >= 0.3 is 5.97 Å². The van der Waals surface area contributed by atoms with E-state index >= 15 is 0 Å². The Bertz CT molecular complexity index is 268. The van der Waals surface area contributed by atoms with E-state index in [0.717, 1.165) is 6.42 Å². The summed E-state index contributed by atoms with van der Waals surface area (Å²) < 4.78 is 5.14. The first-order chi connectivity index (χ1) is 7.67. The van der Waals surface area contributed by atoms with Crippen molar-refractivity contribution >= 4 is 11.8 Å². The van der Waals surface area contributed by atoms with E-state index in [9.17, 15) is 9.59 Å². The molecule has 0 radical (unpaired) electrons. The molecular formula is C13H25NO3. The summed E-state index contributed by atoms with van der Waals surface area (Å²) in [4.78, 5) is 23.1. The van der Waals surface area contributed by atoms with E-state index in [-0.39, 0.29) is 11.7 Å². The zero-order valence-electron chi connectivity index (χ0n) is 11.6. The lowest BCUT2D eigenvalue weighted by atomic mass is 9.98. The average Bonchev–Trinajstić information content (AvgIpc) is 2.21. The molecule has 0 aliphatic heterocycles. The summed E-state index contributed by atoms with van der Waals surface area (Å²) in [7, 11) is 0. The van der Waals surface area contributed by atoms with Gasteiger partial charge in [0.15, 0.2) is 0 Å². The summed E-state index contributed by atoms with van der Waals surface area (Å²) in [5.41, 5.74) is 5.16. The Labute approximate surface area is 104 Å². The fourth-order valence-electron chi connectivity index (χ4n) is 1.27. The molecule has 0 heterocycles. The van der Waals surface area contributed by atoms with Gasteiger partial charge in [0.1, 0.15) is 17.4 Å². The number of carbonyl (C=O) groups is 2. The highest BCUT2D eigenvalue weighted by atomic mass is 16.6. The van der Waals surface area contributed by atoms with Gasteiger partial charge < -0.3 is 10.5 Å². The maximum absolute atomic E-state index is 11.6. The van der Waals surface area contributed by atoms with Crippen LogP contribution in [0, 0.1) is 5.92 Å². The molecule has 2 unspecified atom stereocenters. The van der Waals surface area contributed by atoms with Crippen molar-refractivity contribution < 1.29 is 14.3 Å². The van der Waals surface area contributed by atoms with E-state index in [2.05, 4.69) is 0 Å². The highest BCUT2D eigenvalue weighted by Gasteiger charge is 2.23. The maximum atomic E-state index is 11.6. The van der Waals surface area contributed by atoms with E-state index in [1.165, 1.54) is 0 Å². The summed E-state index contributed by atoms with van der Waals surface area (Å²) in [5, 5.41) is 0. The third-order valence-corrected chi connectivity index (χ3v) is 2.57. The monoisotopic (exact) mass is 243 g/mol. The first-order valence-corrected chi connectivity index (χ1v) is 6.18. The van der Waals surface area contributed by atoms with Gasteiger partial charge in [-0.05, 0) is 33.6 Å². The second-order valence-corrected chi connectivity index (χ2v) is 5.45. The molecule has 0 aromatic rings. The highest BCUT2D eigenvalue weighted by Crippen LogP contribution is 2.12. The maximum Gasteiger partial charge on any atom is 0.323 e. The lowest BCUT2D eigenvalue weighted by Gasteiger charge is -2.22. The van der Waals surface area contributed by atoms with Gasteiger partial charge in [-0.2, -0.15) is 0 Å². The summed E-state index contributed by atoms with van der Waals surface area (Å²) in [5.74, 6) is -0.234. The molecule has 0 spiro atoms. The molecule has 0 aromatic heterocycles. The lowest BCUT2D eigenvalue weighted by Crippen LogP contribution is -2.37. The van der Waals surface area contributed by atoms with Crippen molar-refractivity contribution in [3.63, 3.8) is 0 Å². The van der Waals surface area contributed by atoms with Gasteiger partial charge in [0, 0.05) is 12.3 Å². The van der Waals surface area contributed by atoms with Crippen LogP contribution in [-0.2, 0) is 14.3 Å². The van der Waals surface area contributed by atoms with Gasteiger partial charge in [0.25, 0.3) is 0 Å². The number of hydrogen-bond donors (Lipinski definition) is 1. The van der Waals surface area contributed by atoms with Crippen LogP contribution in [0.4, 0.5) is 0 Å². The van der Waals surface area contributed by atoms with Crippen LogP contribution in [0.15, 0.2) is 0 Å². The summed E-state index contributed by atoms with van der Waals surface area (Å²) in [6.07, 6.45) is 1.52. The third-order valence-electron chi connectivity index (χ3n) is 2.57. The molecule has 2 atom stereocenters. The predicted octanol–water partition coefficient (Wildman–Crippen LogP) is 2.05. The number of nitrogens with two attached hydrogens (primary N) is 1. The predicted molar refractivity (Wildman–Crippen MR) is 67.5 cm³/mol. The number of Topliss-reactive ketones (excluding diaryl/α,β-unsaturated/α-hetero) is 1. The molecule has 4 nitrogen and oxygen atoms in total. The molecule has 0 saturated carbocycles. The van der Waals surface area contributed by atoms with Gasteiger partial charge in [0.05, 0.1) is 0 Å². The third kappa shape index (κ3) is 7.10. The van der Waals surface area contributed by atoms with Crippen LogP contribution in [0.3, 0.4) is 0 Å². The number of hydrogen-bond acceptors (Lipinski definition) is 4. The minimum Gasteiger partial charge on any atom is -0.459 e. The van der Waals surface area contributed by atoms with Crippen LogP contribution in [0.1, 0.15) is 53.9 Å². The summed E-state index contributed by atoms with van der Waals surface area (Å²) in [6, 6.07) is -0.706. The summed E-state index contributed by atoms with van der Waals surface area (Å²) in [6.45, 7) is 9.24. The van der Waals surface area contributed by atoms with E-state index in [4.69, 9.17) is 10.5 Å². The molecule has 2 N–H and O–H groups in total. The zero-order valence-corrected chi connectivity index (χ0v) is 11.6. The Kier molecular flexibility index (Phi) is 6.39. The van der Waals surface area contributed by atoms with Crippen LogP contribution in [-0.4, -0.2) is 23.4 Å². The van der Waals surface area contributed by atoms with Crippen molar-refractivity contribution in [2.24, 2.45) is 11.7 Å². The van der Waals surface area contributed by atoms with Crippen LogP contribution in [0.25, 0.3) is 0 Å². The topological polar surface area (TPSA) is 69.4 Å². The Hall–Kier alpha value is -0.900. The molecule has 17 heavy (non-hydrogen) atoms. The largest absolute Gasteiger partial charge is 0.459 e. The molecule has 0 amide bonds. The lowest BCUT2D eigenvalue weighted by molar-refractivity contribution is -0.156. The minimum absolute atomic E-state index is 0.0424. The van der Waals surface area contributed by atoms with E-state index in [1.807, 2.05) is 13.8 Å². The van der Waals surface area contributed by atoms with Crippen molar-refractivity contribution in [1.29, 1.82) is 0 Å². The number of ketones is 1. The van der Waals surface area contributed by atoms with Crippen LogP contribution < -0.4 is 5.73 Å². The molecule has 0 aromatic carbocycles. The molecule has 100 valence electrons. The Morgan fingerprint density at radius 1 is 1.29 bits per heavy atom. The number of carbonyl (C=O) groups excluding carboxylic acids is 2. The standard InChI is InChI=1S/C13H25NO3/c1-6-9(2)11(15)8-7-10(14)12(16)17-13(3,4)5/h9-10H,6-8,14H2,1-5H3. The number of rotatable bonds is 6. The highest BCUT2D eigenvalue weighted by molar-refractivity contribution is 5.82. The summed E-state index contributed by atoms with van der Waals surface area (Å²) >= 11 is 0. The number of ether oxygens (including phenoxy) is 1. The molecule has 0 aliphatic carbocycles. The quantitative estimate of drug-likeness (QED) is 0.725. The first-order valence-electron chi connectivity index (χ1n) is 6.18. The fraction of sp³-hybridized carbons (Fsp3) is 0.846. The number of esters is 1. The van der Waals surface area contributed by atoms with Crippen molar-refractivity contribution in [2.75, 3.05) is 0 Å². The first kappa shape index (κ1) is 16.1. The van der Waals surface area contributed by atoms with Crippen molar-refractivity contribution in [3.05, 3.63) is 0 Å². The molecular weight excluding hydrogens is 218 g/mol. The van der Waals surface area contributed by atoms with Crippen LogP contribution in [0.5, 0.6) is 0 Å². The van der Waals surface area contributed by atoms with Crippen LogP contribution >= 0.6 is 0 Å². The van der Waals surface area contributed by atoms with Gasteiger partial charge in [-0.25, -0.2) is 0 Å². The molecule has 0 fully saturated rings. The van der Waals surface area contributed by atoms with Crippen molar-refractivity contribution in [3.8, 4) is 0 Å². The average molecular weight is 243 g/mol. The molecule has 0 aliphatic rings. The van der Waals surface area contributed by atoms with E-state index in [1.54, 1.807) is 20.8 Å². The molecule has 0 bridgehead atoms. The van der Waals surface area contributed by atoms with Crippen molar-refractivity contribution in [1.82, 2.24) is 0 Å². The second kappa shape index (κ2) is 6.74. The van der Waals surface area contributed by atoms with Crippen molar-refractivity contribution in [2.45, 2.75) is 65.5 Å².